The maximum Gasteiger partial charge on any atom is 0.278 e. The fourth-order valence-electron chi connectivity index (χ4n) is 1.87. The van der Waals surface area contributed by atoms with Gasteiger partial charge in [0.25, 0.3) is 5.69 Å². The fourth-order valence-corrected chi connectivity index (χ4v) is 1.87. The van der Waals surface area contributed by atoms with Crippen LogP contribution >= 0.6 is 0 Å². The van der Waals surface area contributed by atoms with Crippen molar-refractivity contribution >= 4 is 11.8 Å². The van der Waals surface area contributed by atoms with E-state index in [1.807, 2.05) is 26.0 Å². The lowest BCUT2D eigenvalue weighted by molar-refractivity contribution is -0.387. The number of nitrogens with zero attached hydrogens (tertiary/aromatic N) is 1. The third kappa shape index (κ3) is 2.91. The van der Waals surface area contributed by atoms with Crippen LogP contribution in [0.3, 0.4) is 0 Å². The molecule has 0 fully saturated rings. The van der Waals surface area contributed by atoms with Crippen molar-refractivity contribution in [3.8, 4) is 5.75 Å². The van der Waals surface area contributed by atoms with Crippen LogP contribution in [0.2, 0.25) is 0 Å². The predicted molar refractivity (Wildman–Crippen MR) is 68.6 cm³/mol. The molecule has 0 aliphatic carbocycles. The second-order valence-electron chi connectivity index (χ2n) is 4.74. The van der Waals surface area contributed by atoms with E-state index >= 15 is 0 Å². The summed E-state index contributed by atoms with van der Waals surface area (Å²) in [5.41, 5.74) is 0.728. The number of nitro groups is 1. The maximum absolute atomic E-state index is 11.1. The summed E-state index contributed by atoms with van der Waals surface area (Å²) in [6.45, 7) is 3.79. The lowest BCUT2D eigenvalue weighted by atomic mass is 10.00. The first-order valence-corrected chi connectivity index (χ1v) is 5.78. The minimum Gasteiger partial charge on any atom is -0.483 e. The molecule has 102 valence electrons. The Balaban J connectivity index is 2.44. The molecule has 0 spiro atoms. The molecule has 1 aliphatic heterocycles. The fraction of sp³-hybridized carbons (Fsp3) is 0.385. The van der Waals surface area contributed by atoms with Crippen LogP contribution in [0.15, 0.2) is 18.2 Å². The Bertz CT molecular complexity index is 536. The summed E-state index contributed by atoms with van der Waals surface area (Å²) in [4.78, 5) is 19.9. The van der Waals surface area contributed by atoms with Crippen molar-refractivity contribution in [2.24, 2.45) is 0 Å². The summed E-state index contributed by atoms with van der Waals surface area (Å²) in [6.07, 6.45) is 3.79. The first-order valence-electron chi connectivity index (χ1n) is 5.78. The largest absolute Gasteiger partial charge is 0.483 e. The molecule has 1 aromatic carbocycles. The van der Waals surface area contributed by atoms with E-state index in [-0.39, 0.29) is 12.3 Å². The van der Waals surface area contributed by atoms with Crippen LogP contribution in [0.4, 0.5) is 5.69 Å². The Labute approximate surface area is 110 Å². The van der Waals surface area contributed by atoms with Gasteiger partial charge in [-0.05, 0) is 26.0 Å². The topological polar surface area (TPSA) is 70.8 Å². The highest BCUT2D eigenvalue weighted by Crippen LogP contribution is 2.36. The molecular formula is C13H15NO5. The SMILES string of the molecule is COOCc1cc2c(cc1[N+](=O)[O-])OC(C)(C)C=C2. The van der Waals surface area contributed by atoms with Gasteiger partial charge in [-0.1, -0.05) is 6.08 Å². The van der Waals surface area contributed by atoms with Gasteiger partial charge in [-0.2, -0.15) is 0 Å². The molecule has 2 rings (SSSR count). The van der Waals surface area contributed by atoms with E-state index in [1.54, 1.807) is 6.07 Å². The van der Waals surface area contributed by atoms with Gasteiger partial charge in [0.2, 0.25) is 0 Å². The number of hydrogen-bond acceptors (Lipinski definition) is 5. The van der Waals surface area contributed by atoms with Crippen LogP contribution in [0.5, 0.6) is 5.75 Å². The maximum atomic E-state index is 11.1. The zero-order chi connectivity index (χ0) is 14.0. The molecule has 6 heteroatoms. The highest BCUT2D eigenvalue weighted by Gasteiger charge is 2.26. The van der Waals surface area contributed by atoms with Gasteiger partial charge in [-0.15, -0.1) is 0 Å². The minimum atomic E-state index is -0.467. The van der Waals surface area contributed by atoms with Crippen molar-refractivity contribution < 1.29 is 19.4 Å². The number of nitro benzene ring substituents is 1. The first kappa shape index (κ1) is 13.5. The molecule has 0 amide bonds. The third-order valence-electron chi connectivity index (χ3n) is 2.78. The predicted octanol–water partition coefficient (Wildman–Crippen LogP) is 2.86. The summed E-state index contributed by atoms with van der Waals surface area (Å²) in [5.74, 6) is 0.500. The van der Waals surface area contributed by atoms with Gasteiger partial charge in [0, 0.05) is 5.56 Å². The highest BCUT2D eigenvalue weighted by atomic mass is 17.2. The van der Waals surface area contributed by atoms with Gasteiger partial charge in [0.15, 0.2) is 0 Å². The quantitative estimate of drug-likeness (QED) is 0.475. The molecule has 1 heterocycles. The Morgan fingerprint density at radius 1 is 1.42 bits per heavy atom. The van der Waals surface area contributed by atoms with Crippen LogP contribution in [-0.4, -0.2) is 17.6 Å². The van der Waals surface area contributed by atoms with Crippen LogP contribution in [0, 0.1) is 10.1 Å². The smallest absolute Gasteiger partial charge is 0.278 e. The van der Waals surface area contributed by atoms with Crippen LogP contribution in [0.1, 0.15) is 25.0 Å². The summed E-state index contributed by atoms with van der Waals surface area (Å²) in [7, 11) is 1.36. The van der Waals surface area contributed by atoms with Gasteiger partial charge < -0.3 is 4.74 Å². The average molecular weight is 265 g/mol. The normalized spacial score (nSPS) is 15.7. The molecule has 6 nitrogen and oxygen atoms in total. The van der Waals surface area contributed by atoms with Gasteiger partial charge in [0.1, 0.15) is 18.0 Å². The van der Waals surface area contributed by atoms with Crippen LogP contribution in [-0.2, 0) is 16.4 Å². The molecule has 0 saturated carbocycles. The Morgan fingerprint density at radius 2 is 2.16 bits per heavy atom. The molecule has 0 atom stereocenters. The zero-order valence-corrected chi connectivity index (χ0v) is 11.0. The molecular weight excluding hydrogens is 250 g/mol. The number of ether oxygens (including phenoxy) is 1. The van der Waals surface area contributed by atoms with Gasteiger partial charge in [-0.25, -0.2) is 9.78 Å². The van der Waals surface area contributed by atoms with E-state index in [4.69, 9.17) is 9.62 Å². The van der Waals surface area contributed by atoms with Crippen molar-refractivity contribution in [2.75, 3.05) is 7.11 Å². The summed E-state index contributed by atoms with van der Waals surface area (Å²) < 4.78 is 5.71. The van der Waals surface area contributed by atoms with Crippen molar-refractivity contribution in [1.29, 1.82) is 0 Å². The van der Waals surface area contributed by atoms with E-state index in [0.717, 1.165) is 5.56 Å². The molecule has 1 aliphatic rings. The Hall–Kier alpha value is -1.92. The molecule has 0 radical (unpaired) electrons. The standard InChI is InChI=1S/C13H15NO5/c1-13(2)5-4-9-6-10(8-18-17-3)11(14(15)16)7-12(9)19-13/h4-7H,8H2,1-3H3. The number of hydrogen-bond donors (Lipinski definition) is 0. The van der Waals surface area contributed by atoms with Crippen LogP contribution in [0.25, 0.3) is 6.08 Å². The Morgan fingerprint density at radius 3 is 2.79 bits per heavy atom. The van der Waals surface area contributed by atoms with E-state index in [0.29, 0.717) is 11.3 Å². The number of fused-ring (bicyclic) bond motifs is 1. The van der Waals surface area contributed by atoms with Crippen molar-refractivity contribution in [2.45, 2.75) is 26.1 Å². The van der Waals surface area contributed by atoms with Gasteiger partial charge in [-0.3, -0.25) is 10.1 Å². The molecule has 0 bridgehead atoms. The van der Waals surface area contributed by atoms with E-state index in [2.05, 4.69) is 4.89 Å². The lowest BCUT2D eigenvalue weighted by Crippen LogP contribution is -2.27. The molecule has 19 heavy (non-hydrogen) atoms. The second-order valence-corrected chi connectivity index (χ2v) is 4.74. The van der Waals surface area contributed by atoms with Crippen molar-refractivity contribution in [1.82, 2.24) is 0 Å². The summed E-state index contributed by atoms with van der Waals surface area (Å²) in [5, 5.41) is 11.1. The van der Waals surface area contributed by atoms with E-state index in [9.17, 15) is 10.1 Å². The first-order chi connectivity index (χ1) is 8.93. The van der Waals surface area contributed by atoms with E-state index < -0.39 is 10.5 Å². The summed E-state index contributed by atoms with van der Waals surface area (Å²) in [6, 6.07) is 3.10. The lowest BCUT2D eigenvalue weighted by Gasteiger charge is -2.27. The molecule has 1 aromatic rings. The number of rotatable bonds is 4. The minimum absolute atomic E-state index is 0.0112. The summed E-state index contributed by atoms with van der Waals surface area (Å²) >= 11 is 0. The number of benzene rings is 1. The van der Waals surface area contributed by atoms with Crippen LogP contribution < -0.4 is 4.74 Å². The van der Waals surface area contributed by atoms with E-state index in [1.165, 1.54) is 13.2 Å². The van der Waals surface area contributed by atoms with Crippen molar-refractivity contribution in [3.05, 3.63) is 39.4 Å². The second kappa shape index (κ2) is 4.99. The third-order valence-corrected chi connectivity index (χ3v) is 2.78. The highest BCUT2D eigenvalue weighted by molar-refractivity contribution is 5.65. The molecule has 0 saturated heterocycles. The average Bonchev–Trinajstić information content (AvgIpc) is 2.34. The molecule has 0 aromatic heterocycles. The van der Waals surface area contributed by atoms with Gasteiger partial charge in [0.05, 0.1) is 23.7 Å². The van der Waals surface area contributed by atoms with Crippen molar-refractivity contribution in [3.63, 3.8) is 0 Å². The van der Waals surface area contributed by atoms with Gasteiger partial charge >= 0.3 is 0 Å². The molecule has 0 unspecified atom stereocenters. The monoisotopic (exact) mass is 265 g/mol. The molecule has 0 N–H and O–H groups in total. The zero-order valence-electron chi connectivity index (χ0n) is 11.0. The Kier molecular flexibility index (Phi) is 3.55.